The second kappa shape index (κ2) is 6.00. The lowest BCUT2D eigenvalue weighted by molar-refractivity contribution is 0.0517. The summed E-state index contributed by atoms with van der Waals surface area (Å²) in [5, 5.41) is 9.40. The van der Waals surface area contributed by atoms with Crippen LogP contribution in [0.2, 0.25) is 5.02 Å². The molecule has 1 aliphatic rings. The minimum atomic E-state index is -0.604. The Morgan fingerprint density at radius 1 is 1.33 bits per heavy atom. The summed E-state index contributed by atoms with van der Waals surface area (Å²) >= 11 is 5.69. The molecule has 0 aromatic heterocycles. The lowest BCUT2D eigenvalue weighted by Crippen LogP contribution is -2.55. The van der Waals surface area contributed by atoms with E-state index in [1.165, 1.54) is 12.1 Å². The fourth-order valence-corrected chi connectivity index (χ4v) is 2.53. The highest BCUT2D eigenvalue weighted by atomic mass is 35.5. The van der Waals surface area contributed by atoms with Gasteiger partial charge in [-0.2, -0.15) is 5.26 Å². The second-order valence-corrected chi connectivity index (χ2v) is 6.01. The number of carbonyl (C=O) groups is 1. The van der Waals surface area contributed by atoms with Crippen LogP contribution >= 0.6 is 11.6 Å². The fourth-order valence-electron chi connectivity index (χ4n) is 2.37. The summed E-state index contributed by atoms with van der Waals surface area (Å²) in [7, 11) is 0. The molecule has 0 atom stereocenters. The van der Waals surface area contributed by atoms with Crippen molar-refractivity contribution in [3.05, 3.63) is 34.6 Å². The van der Waals surface area contributed by atoms with Crippen LogP contribution in [0, 0.1) is 17.1 Å². The number of piperazine rings is 1. The second-order valence-electron chi connectivity index (χ2n) is 5.57. The van der Waals surface area contributed by atoms with Gasteiger partial charge in [0, 0.05) is 31.2 Å². The van der Waals surface area contributed by atoms with Crippen LogP contribution in [0.15, 0.2) is 18.2 Å². The van der Waals surface area contributed by atoms with Crippen molar-refractivity contribution in [2.75, 3.05) is 26.2 Å². The highest BCUT2D eigenvalue weighted by molar-refractivity contribution is 6.30. The van der Waals surface area contributed by atoms with Gasteiger partial charge in [0.05, 0.1) is 11.6 Å². The molecule has 1 aromatic rings. The van der Waals surface area contributed by atoms with Crippen molar-refractivity contribution in [3.8, 4) is 6.07 Å². The Bertz CT molecular complexity index is 589. The predicted octanol–water partition coefficient (Wildman–Crippen LogP) is 2.54. The van der Waals surface area contributed by atoms with Gasteiger partial charge >= 0.3 is 0 Å². The first kappa shape index (κ1) is 15.7. The summed E-state index contributed by atoms with van der Waals surface area (Å²) in [6.07, 6.45) is 0. The number of hydrogen-bond donors (Lipinski definition) is 0. The maximum Gasteiger partial charge on any atom is 0.256 e. The molecule has 1 fully saturated rings. The summed E-state index contributed by atoms with van der Waals surface area (Å²) in [6.45, 7) is 5.85. The van der Waals surface area contributed by atoms with E-state index < -0.39 is 11.4 Å². The summed E-state index contributed by atoms with van der Waals surface area (Å²) in [6, 6.07) is 6.31. The van der Waals surface area contributed by atoms with Crippen molar-refractivity contribution in [2.45, 2.75) is 19.4 Å². The van der Waals surface area contributed by atoms with E-state index in [1.807, 2.05) is 18.7 Å². The first-order chi connectivity index (χ1) is 9.85. The summed E-state index contributed by atoms with van der Waals surface area (Å²) in [4.78, 5) is 15.9. The number of carbonyl (C=O) groups excluding carboxylic acids is 1. The molecule has 1 saturated heterocycles. The molecule has 2 rings (SSSR count). The van der Waals surface area contributed by atoms with Crippen LogP contribution in [-0.4, -0.2) is 47.4 Å². The summed E-state index contributed by atoms with van der Waals surface area (Å²) in [5.74, 6) is -0.939. The zero-order valence-electron chi connectivity index (χ0n) is 12.1. The largest absolute Gasteiger partial charge is 0.336 e. The van der Waals surface area contributed by atoms with Crippen LogP contribution in [0.5, 0.6) is 0 Å². The Labute approximate surface area is 128 Å². The number of rotatable bonds is 2. The van der Waals surface area contributed by atoms with Crippen molar-refractivity contribution in [3.63, 3.8) is 0 Å². The van der Waals surface area contributed by atoms with E-state index in [0.29, 0.717) is 26.2 Å². The molecule has 0 spiro atoms. The van der Waals surface area contributed by atoms with E-state index in [4.69, 9.17) is 16.9 Å². The molecule has 0 unspecified atom stereocenters. The van der Waals surface area contributed by atoms with Gasteiger partial charge in [-0.3, -0.25) is 9.69 Å². The Hall–Kier alpha value is -1.64. The van der Waals surface area contributed by atoms with Gasteiger partial charge in [0.15, 0.2) is 0 Å². The number of nitrogens with zero attached hydrogens (tertiary/aromatic N) is 3. The number of halogens is 2. The monoisotopic (exact) mass is 309 g/mol. The van der Waals surface area contributed by atoms with Crippen molar-refractivity contribution >= 4 is 17.5 Å². The predicted molar refractivity (Wildman–Crippen MR) is 78.6 cm³/mol. The van der Waals surface area contributed by atoms with Crippen molar-refractivity contribution < 1.29 is 9.18 Å². The molecule has 1 amide bonds. The van der Waals surface area contributed by atoms with Crippen molar-refractivity contribution in [2.24, 2.45) is 0 Å². The van der Waals surface area contributed by atoms with E-state index in [1.54, 1.807) is 4.90 Å². The standard InChI is InChI=1S/C15H17ClFN3O/c1-15(2,10-18)20-7-5-19(6-8-20)14(21)12-4-3-11(16)9-13(12)17/h3-4,9H,5-8H2,1-2H3. The first-order valence-electron chi connectivity index (χ1n) is 6.76. The van der Waals surface area contributed by atoms with E-state index in [9.17, 15) is 9.18 Å². The number of hydrogen-bond acceptors (Lipinski definition) is 3. The third kappa shape index (κ3) is 3.34. The van der Waals surface area contributed by atoms with E-state index in [-0.39, 0.29) is 16.5 Å². The molecule has 21 heavy (non-hydrogen) atoms. The van der Waals surface area contributed by atoms with Gasteiger partial charge in [0.25, 0.3) is 5.91 Å². The quantitative estimate of drug-likeness (QED) is 0.843. The summed E-state index contributed by atoms with van der Waals surface area (Å²) < 4.78 is 13.8. The summed E-state index contributed by atoms with van der Waals surface area (Å²) in [5.41, 5.74) is -0.520. The molecule has 1 aromatic carbocycles. The molecule has 0 aliphatic carbocycles. The SMILES string of the molecule is CC(C)(C#N)N1CCN(C(=O)c2ccc(Cl)cc2F)CC1. The fraction of sp³-hybridized carbons (Fsp3) is 0.467. The lowest BCUT2D eigenvalue weighted by atomic mass is 10.0. The smallest absolute Gasteiger partial charge is 0.256 e. The molecule has 0 bridgehead atoms. The van der Waals surface area contributed by atoms with Gasteiger partial charge in [-0.1, -0.05) is 11.6 Å². The van der Waals surface area contributed by atoms with Crippen LogP contribution in [0.25, 0.3) is 0 Å². The number of benzene rings is 1. The Morgan fingerprint density at radius 3 is 2.48 bits per heavy atom. The topological polar surface area (TPSA) is 47.3 Å². The highest BCUT2D eigenvalue weighted by Gasteiger charge is 2.31. The minimum Gasteiger partial charge on any atom is -0.336 e. The lowest BCUT2D eigenvalue weighted by Gasteiger charge is -2.40. The maximum absolute atomic E-state index is 13.8. The zero-order chi connectivity index (χ0) is 15.6. The Balaban J connectivity index is 2.06. The first-order valence-corrected chi connectivity index (χ1v) is 7.13. The van der Waals surface area contributed by atoms with Gasteiger partial charge in [-0.15, -0.1) is 0 Å². The Morgan fingerprint density at radius 2 is 1.95 bits per heavy atom. The minimum absolute atomic E-state index is 0.0346. The van der Waals surface area contributed by atoms with Crippen LogP contribution < -0.4 is 0 Å². The number of nitriles is 1. The molecule has 112 valence electrons. The number of amides is 1. The van der Waals surface area contributed by atoms with Crippen molar-refractivity contribution in [1.29, 1.82) is 5.26 Å². The molecule has 1 heterocycles. The van der Waals surface area contributed by atoms with Crippen LogP contribution in [0.3, 0.4) is 0 Å². The molecular formula is C15H17ClFN3O. The average molecular weight is 310 g/mol. The van der Waals surface area contributed by atoms with E-state index >= 15 is 0 Å². The molecule has 0 N–H and O–H groups in total. The van der Waals surface area contributed by atoms with Crippen LogP contribution in [-0.2, 0) is 0 Å². The van der Waals surface area contributed by atoms with Gasteiger partial charge < -0.3 is 4.90 Å². The highest BCUT2D eigenvalue weighted by Crippen LogP contribution is 2.19. The zero-order valence-corrected chi connectivity index (χ0v) is 12.8. The molecule has 1 aliphatic heterocycles. The van der Waals surface area contributed by atoms with Gasteiger partial charge in [0.2, 0.25) is 0 Å². The van der Waals surface area contributed by atoms with E-state index in [0.717, 1.165) is 6.07 Å². The molecule has 0 radical (unpaired) electrons. The third-order valence-corrected chi connectivity index (χ3v) is 4.03. The molecular weight excluding hydrogens is 293 g/mol. The average Bonchev–Trinajstić information content (AvgIpc) is 2.47. The molecule has 6 heteroatoms. The molecule has 4 nitrogen and oxygen atoms in total. The van der Waals surface area contributed by atoms with Gasteiger partial charge in [0.1, 0.15) is 11.4 Å². The third-order valence-electron chi connectivity index (χ3n) is 3.79. The van der Waals surface area contributed by atoms with Crippen LogP contribution in [0.1, 0.15) is 24.2 Å². The molecule has 0 saturated carbocycles. The van der Waals surface area contributed by atoms with Gasteiger partial charge in [-0.05, 0) is 32.0 Å². The van der Waals surface area contributed by atoms with E-state index in [2.05, 4.69) is 6.07 Å². The maximum atomic E-state index is 13.8. The van der Waals surface area contributed by atoms with Gasteiger partial charge in [-0.25, -0.2) is 4.39 Å². The Kier molecular flexibility index (Phi) is 4.50. The van der Waals surface area contributed by atoms with Crippen molar-refractivity contribution in [1.82, 2.24) is 9.80 Å². The normalized spacial score (nSPS) is 16.6. The van der Waals surface area contributed by atoms with Crippen LogP contribution in [0.4, 0.5) is 4.39 Å².